The van der Waals surface area contributed by atoms with Crippen molar-refractivity contribution in [1.82, 2.24) is 15.1 Å². The highest BCUT2D eigenvalue weighted by molar-refractivity contribution is 5.88. The van der Waals surface area contributed by atoms with Crippen LogP contribution in [0.15, 0.2) is 127 Å². The number of aliphatic hydroxyl groups is 1. The van der Waals surface area contributed by atoms with Gasteiger partial charge in [-0.05, 0) is 83.5 Å². The van der Waals surface area contributed by atoms with E-state index in [2.05, 4.69) is 60.8 Å². The largest absolute Gasteiger partial charge is 0.404 e. The van der Waals surface area contributed by atoms with Gasteiger partial charge in [-0.25, -0.2) is 0 Å². The van der Waals surface area contributed by atoms with Crippen LogP contribution in [-0.4, -0.2) is 78.9 Å². The second-order valence-electron chi connectivity index (χ2n) is 15.2. The number of nitrogens with one attached hydrogen (secondary N) is 1. The van der Waals surface area contributed by atoms with Crippen LogP contribution in [0.5, 0.6) is 0 Å². The molecule has 57 heavy (non-hydrogen) atoms. The van der Waals surface area contributed by atoms with Gasteiger partial charge in [-0.1, -0.05) is 116 Å². The summed E-state index contributed by atoms with van der Waals surface area (Å²) >= 11 is 0. The first-order chi connectivity index (χ1) is 27.9. The maximum absolute atomic E-state index is 14.0. The summed E-state index contributed by atoms with van der Waals surface area (Å²) in [6.07, 6.45) is 10.5. The Hall–Kier alpha value is -5.51. The monoisotopic (exact) mass is 767 g/mol. The Bertz CT molecular complexity index is 2010. The number of aliphatic imine (C=N–C) groups is 1. The summed E-state index contributed by atoms with van der Waals surface area (Å²) in [6.45, 7) is 2.96. The molecule has 2 saturated heterocycles. The molecule has 0 spiro atoms. The van der Waals surface area contributed by atoms with Crippen molar-refractivity contribution in [2.45, 2.75) is 69.7 Å². The number of hydrogen-bond donors (Lipinski definition) is 3. The molecule has 1 saturated carbocycles. The first kappa shape index (κ1) is 41.1. The van der Waals surface area contributed by atoms with Crippen LogP contribution in [0, 0.1) is 11.8 Å². The predicted octanol–water partition coefficient (Wildman–Crippen LogP) is 7.49. The predicted molar refractivity (Wildman–Crippen MR) is 230 cm³/mol. The third-order valence-electron chi connectivity index (χ3n) is 11.8. The van der Waals surface area contributed by atoms with E-state index in [1.165, 1.54) is 0 Å². The number of likely N-dealkylation sites (tertiary alicyclic amines) is 2. The van der Waals surface area contributed by atoms with Crippen molar-refractivity contribution in [3.63, 3.8) is 0 Å². The van der Waals surface area contributed by atoms with Crippen molar-refractivity contribution in [3.05, 3.63) is 144 Å². The van der Waals surface area contributed by atoms with Crippen LogP contribution in [0.1, 0.15) is 67.4 Å². The van der Waals surface area contributed by atoms with Crippen molar-refractivity contribution in [3.8, 4) is 11.1 Å². The van der Waals surface area contributed by atoms with E-state index >= 15 is 0 Å². The molecule has 3 aliphatic rings. The molecule has 6 atom stereocenters. The van der Waals surface area contributed by atoms with Gasteiger partial charge in [-0.15, -0.1) is 0 Å². The van der Waals surface area contributed by atoms with Gasteiger partial charge < -0.3 is 30.7 Å². The maximum atomic E-state index is 14.0. The number of piperidine rings is 2. The molecule has 2 amide bonds. The highest BCUT2D eigenvalue weighted by Crippen LogP contribution is 2.43. The smallest absolute Gasteiger partial charge is 0.257 e. The minimum atomic E-state index is -0.636. The second kappa shape index (κ2) is 19.6. The number of carbonyl (C=O) groups excluding carboxylic acids is 2. The normalized spacial score (nSPS) is 22.6. The molecular formula is C48H57N5O4. The van der Waals surface area contributed by atoms with Gasteiger partial charge in [0.1, 0.15) is 0 Å². The van der Waals surface area contributed by atoms with Crippen LogP contribution in [0.25, 0.3) is 22.4 Å². The molecule has 9 nitrogen and oxygen atoms in total. The number of carbonyl (C=O) groups is 2. The zero-order chi connectivity index (χ0) is 40.3. The first-order valence-electron chi connectivity index (χ1n) is 20.1. The Morgan fingerprint density at radius 2 is 1.53 bits per heavy atom. The molecule has 4 N–H and O–H groups in total. The third-order valence-corrected chi connectivity index (χ3v) is 11.8. The number of ether oxygens (including phenoxy) is 1. The lowest BCUT2D eigenvalue weighted by Crippen LogP contribution is -2.49. The Morgan fingerprint density at radius 1 is 0.895 bits per heavy atom. The van der Waals surface area contributed by atoms with Gasteiger partial charge in [0.25, 0.3) is 5.91 Å². The van der Waals surface area contributed by atoms with Crippen LogP contribution in [-0.2, 0) is 20.7 Å². The van der Waals surface area contributed by atoms with Crippen LogP contribution in [0.2, 0.25) is 0 Å². The molecule has 4 aromatic carbocycles. The van der Waals surface area contributed by atoms with Gasteiger partial charge in [0.2, 0.25) is 5.91 Å². The Morgan fingerprint density at radius 3 is 2.14 bits per heavy atom. The van der Waals surface area contributed by atoms with Gasteiger partial charge in [0.15, 0.2) is 6.10 Å². The first-order valence-corrected chi connectivity index (χ1v) is 20.1. The Labute approximate surface area is 338 Å². The minimum absolute atomic E-state index is 0.00284. The number of fused-ring (bicyclic) bond motifs is 2. The molecule has 0 aromatic heterocycles. The molecule has 7 rings (SSSR count). The summed E-state index contributed by atoms with van der Waals surface area (Å²) in [6, 6.07) is 36.7. The molecule has 298 valence electrons. The zero-order valence-electron chi connectivity index (χ0n) is 33.6. The van der Waals surface area contributed by atoms with Crippen LogP contribution in [0.3, 0.4) is 0 Å². The van der Waals surface area contributed by atoms with E-state index < -0.39 is 6.10 Å². The van der Waals surface area contributed by atoms with Crippen molar-refractivity contribution >= 4 is 29.3 Å². The highest BCUT2D eigenvalue weighted by atomic mass is 16.5. The molecule has 3 fully saturated rings. The summed E-state index contributed by atoms with van der Waals surface area (Å²) in [7, 11) is 4.48. The molecule has 3 unspecified atom stereocenters. The van der Waals surface area contributed by atoms with E-state index in [0.717, 1.165) is 90.4 Å². The zero-order valence-corrected chi connectivity index (χ0v) is 33.6. The van der Waals surface area contributed by atoms with Gasteiger partial charge >= 0.3 is 0 Å². The third kappa shape index (κ3) is 9.22. The fourth-order valence-corrected chi connectivity index (χ4v) is 9.04. The van der Waals surface area contributed by atoms with Crippen LogP contribution in [0.4, 0.5) is 0 Å². The van der Waals surface area contributed by atoms with E-state index in [1.54, 1.807) is 13.3 Å². The number of nitrogens with two attached hydrogens (primary N) is 1. The average Bonchev–Trinajstić information content (AvgIpc) is 3.88. The number of rotatable bonds is 12. The summed E-state index contributed by atoms with van der Waals surface area (Å²) in [4.78, 5) is 36.6. The SMILES string of the molecule is CN/C=C(\N=CC1C2CC[C@H](C2)N1C(=O)C(OC)c1ccccc1)c1ccc(-c2ccc(/C(=C/N)[C@@H]3[C@H](C)CCCN3C(=O)Cc3ccccc3)cc2)cc1.CO. The Kier molecular flexibility index (Phi) is 14.1. The van der Waals surface area contributed by atoms with Gasteiger partial charge in [-0.3, -0.25) is 14.6 Å². The van der Waals surface area contributed by atoms with Gasteiger partial charge in [-0.2, -0.15) is 0 Å². The Balaban J connectivity index is 0.00000270. The maximum Gasteiger partial charge on any atom is 0.257 e. The highest BCUT2D eigenvalue weighted by Gasteiger charge is 2.49. The van der Waals surface area contributed by atoms with Crippen molar-refractivity contribution in [1.29, 1.82) is 0 Å². The van der Waals surface area contributed by atoms with Gasteiger partial charge in [0, 0.05) is 51.8 Å². The average molecular weight is 768 g/mol. The molecule has 2 bridgehead atoms. The minimum Gasteiger partial charge on any atom is -0.404 e. The molecule has 1 aliphatic carbocycles. The number of aliphatic hydroxyl groups excluding tert-OH is 1. The topological polar surface area (TPSA) is 120 Å². The summed E-state index contributed by atoms with van der Waals surface area (Å²) in [5, 5.41) is 10.2. The number of hydrogen-bond acceptors (Lipinski definition) is 7. The fraction of sp³-hybridized carbons (Fsp3) is 0.354. The molecule has 2 heterocycles. The van der Waals surface area contributed by atoms with Gasteiger partial charge in [0.05, 0.1) is 24.2 Å². The van der Waals surface area contributed by atoms with E-state index in [9.17, 15) is 9.59 Å². The lowest BCUT2D eigenvalue weighted by molar-refractivity contribution is -0.145. The molecule has 4 aromatic rings. The number of benzene rings is 4. The van der Waals surface area contributed by atoms with Crippen molar-refractivity contribution in [2.75, 3.05) is 27.8 Å². The van der Waals surface area contributed by atoms with Crippen LogP contribution < -0.4 is 11.1 Å². The summed E-state index contributed by atoms with van der Waals surface area (Å²) in [5.74, 6) is 0.824. The quantitative estimate of drug-likeness (QED) is 0.129. The van der Waals surface area contributed by atoms with Crippen molar-refractivity contribution in [2.24, 2.45) is 22.6 Å². The van der Waals surface area contributed by atoms with Crippen molar-refractivity contribution < 1.29 is 19.4 Å². The number of methoxy groups -OCH3 is 1. The van der Waals surface area contributed by atoms with E-state index in [1.807, 2.05) is 89.9 Å². The van der Waals surface area contributed by atoms with Crippen LogP contribution >= 0.6 is 0 Å². The summed E-state index contributed by atoms with van der Waals surface area (Å²) < 4.78 is 5.75. The number of amides is 2. The van der Waals surface area contributed by atoms with E-state index in [-0.39, 0.29) is 29.9 Å². The fourth-order valence-electron chi connectivity index (χ4n) is 9.04. The lowest BCUT2D eigenvalue weighted by Gasteiger charge is -2.41. The molecular weight excluding hydrogens is 711 g/mol. The van der Waals surface area contributed by atoms with E-state index in [4.69, 9.17) is 20.6 Å². The molecule has 9 heteroatoms. The second-order valence-corrected chi connectivity index (χ2v) is 15.2. The number of nitrogens with zero attached hydrogens (tertiary/aromatic N) is 3. The molecule has 0 radical (unpaired) electrons. The van der Waals surface area contributed by atoms with E-state index in [0.29, 0.717) is 18.3 Å². The molecule has 2 aliphatic heterocycles. The lowest BCUT2D eigenvalue weighted by atomic mass is 9.82. The summed E-state index contributed by atoms with van der Waals surface area (Å²) in [5.41, 5.74) is 14.2. The standard InChI is InChI=1S/C47H53N5O3.CH4O/c1-32-11-10-26-51(44(53)27-33-12-6-4-7-13-33)45(32)41(29-48)36-20-16-34(17-21-36)35-18-22-37(23-19-35)42(30-49-2)50-31-43-39-24-25-40(28-39)52(43)47(54)46(55-3)38-14-8-5-9-15-38;1-2/h4-9,12-23,29-32,39-40,43,45-46,49H,10-11,24-28,48H2,1-3H3;2H,1H3/b41-29-,42-30-,50-31?;/t32-,39?,40-,43?,45+,46?;/m1./s1.